The fourth-order valence-electron chi connectivity index (χ4n) is 2.64. The number of esters is 1. The minimum atomic E-state index is -0.441. The van der Waals surface area contributed by atoms with E-state index in [1.807, 2.05) is 6.92 Å². The number of rotatable bonds is 3. The standard InChI is InChI=1S/C16H24INO4/c1-6-20-15(19)13-9(2)14(22-18-13)11-7-10(17)8-12(21-11)16(3,4)5/h10-12H,6-8H2,1-5H3/t10?,11-,12+/m0/s1. The summed E-state index contributed by atoms with van der Waals surface area (Å²) in [7, 11) is 0. The van der Waals surface area contributed by atoms with Crippen LogP contribution in [0.5, 0.6) is 0 Å². The van der Waals surface area contributed by atoms with Crippen LogP contribution >= 0.6 is 22.6 Å². The Hall–Kier alpha value is -0.630. The number of ether oxygens (including phenoxy) is 2. The molecular weight excluding hydrogens is 397 g/mol. The van der Waals surface area contributed by atoms with Crippen molar-refractivity contribution < 1.29 is 18.8 Å². The molecule has 0 amide bonds. The lowest BCUT2D eigenvalue weighted by Crippen LogP contribution is -2.37. The van der Waals surface area contributed by atoms with Gasteiger partial charge in [0.2, 0.25) is 0 Å². The lowest BCUT2D eigenvalue weighted by molar-refractivity contribution is -0.105. The van der Waals surface area contributed by atoms with E-state index < -0.39 is 5.97 Å². The Bertz CT molecular complexity index is 535. The minimum Gasteiger partial charge on any atom is -0.461 e. The van der Waals surface area contributed by atoms with E-state index in [0.717, 1.165) is 18.4 Å². The number of nitrogens with zero attached hydrogens (tertiary/aromatic N) is 1. The van der Waals surface area contributed by atoms with Gasteiger partial charge < -0.3 is 14.0 Å². The smallest absolute Gasteiger partial charge is 0.360 e. The van der Waals surface area contributed by atoms with Gasteiger partial charge in [0, 0.05) is 9.49 Å². The van der Waals surface area contributed by atoms with Crippen LogP contribution < -0.4 is 0 Å². The molecule has 1 saturated heterocycles. The zero-order valence-electron chi connectivity index (χ0n) is 13.8. The highest BCUT2D eigenvalue weighted by atomic mass is 127. The van der Waals surface area contributed by atoms with Gasteiger partial charge in [-0.1, -0.05) is 48.5 Å². The molecule has 0 bridgehead atoms. The summed E-state index contributed by atoms with van der Waals surface area (Å²) in [5.74, 6) is 0.211. The first-order chi connectivity index (χ1) is 10.2. The van der Waals surface area contributed by atoms with Crippen molar-refractivity contribution in [3.05, 3.63) is 17.0 Å². The van der Waals surface area contributed by atoms with Crippen molar-refractivity contribution in [3.8, 4) is 0 Å². The highest BCUT2D eigenvalue weighted by molar-refractivity contribution is 14.1. The largest absolute Gasteiger partial charge is 0.461 e. The molecule has 2 rings (SSSR count). The van der Waals surface area contributed by atoms with Crippen molar-refractivity contribution >= 4 is 28.6 Å². The monoisotopic (exact) mass is 421 g/mol. The molecule has 0 radical (unpaired) electrons. The number of carbonyl (C=O) groups is 1. The number of hydrogen-bond acceptors (Lipinski definition) is 5. The van der Waals surface area contributed by atoms with Crippen LogP contribution in [0.4, 0.5) is 0 Å². The number of alkyl halides is 1. The van der Waals surface area contributed by atoms with Crippen LogP contribution in [0.25, 0.3) is 0 Å². The summed E-state index contributed by atoms with van der Waals surface area (Å²) in [6.45, 7) is 10.5. The van der Waals surface area contributed by atoms with Crippen molar-refractivity contribution in [2.24, 2.45) is 5.41 Å². The molecule has 0 aliphatic carbocycles. The highest BCUT2D eigenvalue weighted by Crippen LogP contribution is 2.42. The molecule has 5 nitrogen and oxygen atoms in total. The molecule has 6 heteroatoms. The van der Waals surface area contributed by atoms with E-state index >= 15 is 0 Å². The lowest BCUT2D eigenvalue weighted by Gasteiger charge is -2.39. The quantitative estimate of drug-likeness (QED) is 0.415. The van der Waals surface area contributed by atoms with Crippen LogP contribution in [0.1, 0.15) is 68.5 Å². The van der Waals surface area contributed by atoms with E-state index in [1.54, 1.807) is 6.92 Å². The van der Waals surface area contributed by atoms with Crippen molar-refractivity contribution in [2.75, 3.05) is 6.61 Å². The Labute approximate surface area is 145 Å². The predicted octanol–water partition coefficient (Wildman–Crippen LogP) is 4.23. The average Bonchev–Trinajstić information content (AvgIpc) is 2.79. The van der Waals surface area contributed by atoms with Gasteiger partial charge in [0.1, 0.15) is 6.10 Å². The summed E-state index contributed by atoms with van der Waals surface area (Å²) in [5.41, 5.74) is 1.05. The fraction of sp³-hybridized carbons (Fsp3) is 0.750. The summed E-state index contributed by atoms with van der Waals surface area (Å²) < 4.78 is 17.2. The zero-order valence-corrected chi connectivity index (χ0v) is 16.0. The molecule has 124 valence electrons. The summed E-state index contributed by atoms with van der Waals surface area (Å²) in [5, 5.41) is 3.89. The van der Waals surface area contributed by atoms with Gasteiger partial charge in [-0.15, -0.1) is 0 Å². The third kappa shape index (κ3) is 3.82. The molecule has 3 atom stereocenters. The van der Waals surface area contributed by atoms with Crippen molar-refractivity contribution in [2.45, 2.75) is 63.6 Å². The van der Waals surface area contributed by atoms with Crippen molar-refractivity contribution in [3.63, 3.8) is 0 Å². The first kappa shape index (κ1) is 17.7. The molecule has 1 fully saturated rings. The van der Waals surface area contributed by atoms with Crippen LogP contribution in [-0.2, 0) is 9.47 Å². The number of carbonyl (C=O) groups excluding carboxylic acids is 1. The van der Waals surface area contributed by atoms with Crippen LogP contribution in [0.3, 0.4) is 0 Å². The van der Waals surface area contributed by atoms with Crippen molar-refractivity contribution in [1.82, 2.24) is 5.16 Å². The van der Waals surface area contributed by atoms with E-state index in [9.17, 15) is 4.79 Å². The molecule has 1 aromatic rings. The Morgan fingerprint density at radius 2 is 2.09 bits per heavy atom. The van der Waals surface area contributed by atoms with Crippen molar-refractivity contribution in [1.29, 1.82) is 0 Å². The van der Waals surface area contributed by atoms with Gasteiger partial charge in [-0.05, 0) is 32.1 Å². The molecule has 1 aliphatic rings. The predicted molar refractivity (Wildman–Crippen MR) is 91.3 cm³/mol. The van der Waals surface area contributed by atoms with Crippen LogP contribution in [-0.4, -0.2) is 27.8 Å². The fourth-order valence-corrected chi connectivity index (χ4v) is 3.56. The van der Waals surface area contributed by atoms with Gasteiger partial charge in [0.05, 0.1) is 12.7 Å². The van der Waals surface area contributed by atoms with E-state index in [-0.39, 0.29) is 23.3 Å². The van der Waals surface area contributed by atoms with Crippen LogP contribution in [0.15, 0.2) is 4.52 Å². The third-order valence-electron chi connectivity index (χ3n) is 3.96. The SMILES string of the molecule is CCOC(=O)c1noc([C@@H]2CC(I)C[C@H](C(C)(C)C)O2)c1C. The van der Waals surface area contributed by atoms with Gasteiger partial charge in [-0.2, -0.15) is 0 Å². The van der Waals surface area contributed by atoms with Crippen LogP contribution in [0.2, 0.25) is 0 Å². The second kappa shape index (κ2) is 6.86. The minimum absolute atomic E-state index is 0.0694. The van der Waals surface area contributed by atoms with Gasteiger partial charge in [-0.25, -0.2) is 4.79 Å². The topological polar surface area (TPSA) is 61.6 Å². The van der Waals surface area contributed by atoms with E-state index in [2.05, 4.69) is 48.5 Å². The maximum absolute atomic E-state index is 11.9. The molecule has 0 saturated carbocycles. The highest BCUT2D eigenvalue weighted by Gasteiger charge is 2.38. The van der Waals surface area contributed by atoms with Gasteiger partial charge in [0.15, 0.2) is 11.5 Å². The molecule has 1 unspecified atom stereocenters. The third-order valence-corrected chi connectivity index (χ3v) is 4.97. The number of halogens is 1. The van der Waals surface area contributed by atoms with Gasteiger partial charge in [-0.3, -0.25) is 0 Å². The Kier molecular flexibility index (Phi) is 5.53. The number of aromatic nitrogens is 1. The summed E-state index contributed by atoms with van der Waals surface area (Å²) in [6.07, 6.45) is 1.89. The molecule has 1 aliphatic heterocycles. The lowest BCUT2D eigenvalue weighted by atomic mass is 9.83. The van der Waals surface area contributed by atoms with E-state index in [0.29, 0.717) is 16.3 Å². The molecule has 1 aromatic heterocycles. The molecular formula is C16H24INO4. The molecule has 0 N–H and O–H groups in total. The molecule has 0 spiro atoms. The summed E-state index contributed by atoms with van der Waals surface area (Å²) >= 11 is 2.47. The summed E-state index contributed by atoms with van der Waals surface area (Å²) in [4.78, 5) is 11.9. The average molecular weight is 421 g/mol. The number of hydrogen-bond donors (Lipinski definition) is 0. The Morgan fingerprint density at radius 1 is 1.41 bits per heavy atom. The second-order valence-electron chi connectivity index (χ2n) is 6.79. The zero-order chi connectivity index (χ0) is 16.5. The molecule has 22 heavy (non-hydrogen) atoms. The first-order valence-corrected chi connectivity index (χ1v) is 8.91. The van der Waals surface area contributed by atoms with Gasteiger partial charge in [0.25, 0.3) is 0 Å². The summed E-state index contributed by atoms with van der Waals surface area (Å²) in [6, 6.07) is 0. The van der Waals surface area contributed by atoms with Crippen LogP contribution in [0, 0.1) is 12.3 Å². The van der Waals surface area contributed by atoms with E-state index in [4.69, 9.17) is 14.0 Å². The maximum atomic E-state index is 11.9. The Morgan fingerprint density at radius 3 is 2.68 bits per heavy atom. The maximum Gasteiger partial charge on any atom is 0.360 e. The normalized spacial score (nSPS) is 26.0. The Balaban J connectivity index is 2.22. The molecule has 0 aromatic carbocycles. The molecule has 2 heterocycles. The van der Waals surface area contributed by atoms with Gasteiger partial charge >= 0.3 is 5.97 Å². The van der Waals surface area contributed by atoms with E-state index in [1.165, 1.54) is 0 Å². The second-order valence-corrected chi connectivity index (χ2v) is 8.55. The first-order valence-electron chi connectivity index (χ1n) is 7.66.